The molecule has 1 aliphatic rings. The van der Waals surface area contributed by atoms with E-state index in [4.69, 9.17) is 9.47 Å². The molecule has 1 heterocycles. The lowest BCUT2D eigenvalue weighted by Gasteiger charge is -2.27. The molecule has 0 saturated carbocycles. The maximum Gasteiger partial charge on any atom is 0.223 e. The first-order chi connectivity index (χ1) is 11.3. The van der Waals surface area contributed by atoms with E-state index in [1.165, 1.54) is 0 Å². The molecule has 0 unspecified atom stereocenters. The van der Waals surface area contributed by atoms with Gasteiger partial charge in [-0.05, 0) is 25.1 Å². The SMILES string of the molecule is COc1ccccc1OCCC(=O)NCCCN1CCNCC1.Cl. The molecule has 0 spiro atoms. The number of carbonyl (C=O) groups is 1. The molecule has 24 heavy (non-hydrogen) atoms. The van der Waals surface area contributed by atoms with Gasteiger partial charge in [-0.15, -0.1) is 12.4 Å². The summed E-state index contributed by atoms with van der Waals surface area (Å²) in [6, 6.07) is 7.45. The molecule has 6 nitrogen and oxygen atoms in total. The van der Waals surface area contributed by atoms with E-state index >= 15 is 0 Å². The number of ether oxygens (including phenoxy) is 2. The second kappa shape index (κ2) is 11.9. The summed E-state index contributed by atoms with van der Waals surface area (Å²) in [5.74, 6) is 1.38. The lowest BCUT2D eigenvalue weighted by atomic mass is 10.3. The fraction of sp³-hybridized carbons (Fsp3) is 0.588. The van der Waals surface area contributed by atoms with Crippen molar-refractivity contribution in [1.82, 2.24) is 15.5 Å². The van der Waals surface area contributed by atoms with E-state index in [2.05, 4.69) is 15.5 Å². The summed E-state index contributed by atoms with van der Waals surface area (Å²) in [4.78, 5) is 14.2. The maximum atomic E-state index is 11.8. The van der Waals surface area contributed by atoms with Crippen LogP contribution in [0.1, 0.15) is 12.8 Å². The molecule has 0 bridgehead atoms. The van der Waals surface area contributed by atoms with Crippen molar-refractivity contribution in [2.45, 2.75) is 12.8 Å². The standard InChI is InChI=1S/C17H27N3O3.ClH/c1-22-15-5-2-3-6-16(15)23-14-7-17(21)19-8-4-11-20-12-9-18-10-13-20;/h2-3,5-6,18H,4,7-14H2,1H3,(H,19,21);1H. The number of methoxy groups -OCH3 is 1. The van der Waals surface area contributed by atoms with Crippen LogP contribution in [-0.2, 0) is 4.79 Å². The molecular formula is C17H28ClN3O3. The Hall–Kier alpha value is -1.50. The minimum Gasteiger partial charge on any atom is -0.493 e. The van der Waals surface area contributed by atoms with Crippen LogP contribution in [-0.4, -0.2) is 63.8 Å². The van der Waals surface area contributed by atoms with Crippen LogP contribution in [0.25, 0.3) is 0 Å². The van der Waals surface area contributed by atoms with Crippen molar-refractivity contribution in [2.75, 3.05) is 53.0 Å². The molecule has 1 fully saturated rings. The van der Waals surface area contributed by atoms with Gasteiger partial charge in [-0.3, -0.25) is 4.79 Å². The Morgan fingerprint density at radius 3 is 2.67 bits per heavy atom. The Labute approximate surface area is 150 Å². The summed E-state index contributed by atoms with van der Waals surface area (Å²) in [5.41, 5.74) is 0. The van der Waals surface area contributed by atoms with Crippen LogP contribution in [0.5, 0.6) is 11.5 Å². The zero-order valence-electron chi connectivity index (χ0n) is 14.3. The second-order valence-electron chi connectivity index (χ2n) is 5.54. The van der Waals surface area contributed by atoms with Gasteiger partial charge in [0.15, 0.2) is 11.5 Å². The minimum atomic E-state index is 0. The highest BCUT2D eigenvalue weighted by molar-refractivity contribution is 5.85. The normalized spacial score (nSPS) is 14.5. The fourth-order valence-corrected chi connectivity index (χ4v) is 2.55. The molecule has 0 radical (unpaired) electrons. The van der Waals surface area contributed by atoms with Gasteiger partial charge >= 0.3 is 0 Å². The number of rotatable bonds is 9. The molecule has 2 N–H and O–H groups in total. The van der Waals surface area contributed by atoms with Crippen molar-refractivity contribution >= 4 is 18.3 Å². The highest BCUT2D eigenvalue weighted by atomic mass is 35.5. The van der Waals surface area contributed by atoms with Gasteiger partial charge in [0.1, 0.15) is 0 Å². The van der Waals surface area contributed by atoms with Crippen molar-refractivity contribution in [3.8, 4) is 11.5 Å². The zero-order chi connectivity index (χ0) is 16.3. The van der Waals surface area contributed by atoms with Crippen molar-refractivity contribution in [1.29, 1.82) is 0 Å². The Morgan fingerprint density at radius 1 is 1.25 bits per heavy atom. The number of amides is 1. The third-order valence-corrected chi connectivity index (χ3v) is 3.84. The summed E-state index contributed by atoms with van der Waals surface area (Å²) in [5, 5.41) is 6.28. The van der Waals surface area contributed by atoms with E-state index < -0.39 is 0 Å². The molecule has 0 aliphatic carbocycles. The van der Waals surface area contributed by atoms with Crippen LogP contribution in [0.2, 0.25) is 0 Å². The molecule has 1 aliphatic heterocycles. The lowest BCUT2D eigenvalue weighted by Crippen LogP contribution is -2.44. The first-order valence-corrected chi connectivity index (χ1v) is 8.25. The number of piperazine rings is 1. The van der Waals surface area contributed by atoms with Gasteiger partial charge in [0, 0.05) is 32.7 Å². The molecule has 7 heteroatoms. The predicted octanol–water partition coefficient (Wildman–Crippen LogP) is 1.30. The van der Waals surface area contributed by atoms with E-state index in [1.807, 2.05) is 24.3 Å². The third-order valence-electron chi connectivity index (χ3n) is 3.84. The molecule has 136 valence electrons. The summed E-state index contributed by atoms with van der Waals surface area (Å²) in [6.07, 6.45) is 1.34. The van der Waals surface area contributed by atoms with Crippen molar-refractivity contribution < 1.29 is 14.3 Å². The van der Waals surface area contributed by atoms with Crippen molar-refractivity contribution in [3.05, 3.63) is 24.3 Å². The molecule has 1 aromatic carbocycles. The molecule has 1 saturated heterocycles. The summed E-state index contributed by atoms with van der Waals surface area (Å²) in [6.45, 7) is 6.43. The minimum absolute atomic E-state index is 0. The van der Waals surface area contributed by atoms with Gasteiger partial charge in [-0.1, -0.05) is 12.1 Å². The molecule has 1 amide bonds. The Morgan fingerprint density at radius 2 is 1.96 bits per heavy atom. The first-order valence-electron chi connectivity index (χ1n) is 8.25. The predicted molar refractivity (Wildman–Crippen MR) is 97.3 cm³/mol. The zero-order valence-corrected chi connectivity index (χ0v) is 15.1. The van der Waals surface area contributed by atoms with Gasteiger partial charge < -0.3 is 25.0 Å². The lowest BCUT2D eigenvalue weighted by molar-refractivity contribution is -0.121. The Balaban J connectivity index is 0.00000288. The summed E-state index contributed by atoms with van der Waals surface area (Å²) >= 11 is 0. The van der Waals surface area contributed by atoms with Crippen LogP contribution >= 0.6 is 12.4 Å². The summed E-state index contributed by atoms with van der Waals surface area (Å²) < 4.78 is 10.8. The van der Waals surface area contributed by atoms with Crippen molar-refractivity contribution in [3.63, 3.8) is 0 Å². The van der Waals surface area contributed by atoms with Crippen LogP contribution in [0.15, 0.2) is 24.3 Å². The second-order valence-corrected chi connectivity index (χ2v) is 5.54. The number of nitrogens with zero attached hydrogens (tertiary/aromatic N) is 1. The van der Waals surface area contributed by atoms with Crippen LogP contribution in [0.3, 0.4) is 0 Å². The smallest absolute Gasteiger partial charge is 0.223 e. The highest BCUT2D eigenvalue weighted by Gasteiger charge is 2.09. The molecule has 2 rings (SSSR count). The third kappa shape index (κ3) is 7.38. The molecule has 0 atom stereocenters. The number of hydrogen-bond acceptors (Lipinski definition) is 5. The van der Waals surface area contributed by atoms with Gasteiger partial charge in [0.2, 0.25) is 5.91 Å². The first kappa shape index (κ1) is 20.5. The average Bonchev–Trinajstić information content (AvgIpc) is 2.60. The van der Waals surface area contributed by atoms with E-state index in [-0.39, 0.29) is 18.3 Å². The monoisotopic (exact) mass is 357 g/mol. The van der Waals surface area contributed by atoms with Crippen LogP contribution in [0.4, 0.5) is 0 Å². The van der Waals surface area contributed by atoms with Gasteiger partial charge in [-0.25, -0.2) is 0 Å². The number of carbonyl (C=O) groups excluding carboxylic acids is 1. The van der Waals surface area contributed by atoms with E-state index in [0.717, 1.165) is 45.7 Å². The van der Waals surface area contributed by atoms with E-state index in [0.29, 0.717) is 24.5 Å². The quantitative estimate of drug-likeness (QED) is 0.652. The van der Waals surface area contributed by atoms with E-state index in [1.54, 1.807) is 7.11 Å². The molecule has 1 aromatic rings. The fourth-order valence-electron chi connectivity index (χ4n) is 2.55. The number of halogens is 1. The van der Waals surface area contributed by atoms with Gasteiger partial charge in [0.05, 0.1) is 20.1 Å². The Bertz CT molecular complexity index is 482. The number of benzene rings is 1. The summed E-state index contributed by atoms with van der Waals surface area (Å²) in [7, 11) is 1.60. The number of hydrogen-bond donors (Lipinski definition) is 2. The average molecular weight is 358 g/mol. The van der Waals surface area contributed by atoms with Crippen LogP contribution < -0.4 is 20.1 Å². The number of para-hydroxylation sites is 2. The van der Waals surface area contributed by atoms with Gasteiger partial charge in [0.25, 0.3) is 0 Å². The topological polar surface area (TPSA) is 62.8 Å². The van der Waals surface area contributed by atoms with E-state index in [9.17, 15) is 4.79 Å². The number of nitrogens with one attached hydrogen (secondary N) is 2. The van der Waals surface area contributed by atoms with Gasteiger partial charge in [-0.2, -0.15) is 0 Å². The Kier molecular flexibility index (Phi) is 10.2. The highest BCUT2D eigenvalue weighted by Crippen LogP contribution is 2.25. The molecular weight excluding hydrogens is 330 g/mol. The largest absolute Gasteiger partial charge is 0.493 e. The molecule has 0 aromatic heterocycles. The van der Waals surface area contributed by atoms with Crippen molar-refractivity contribution in [2.24, 2.45) is 0 Å². The van der Waals surface area contributed by atoms with Crippen LogP contribution in [0, 0.1) is 0 Å². The maximum absolute atomic E-state index is 11.8.